The maximum atomic E-state index is 14.7. The van der Waals surface area contributed by atoms with Gasteiger partial charge in [0.25, 0.3) is 10.0 Å². The molecule has 2 amide bonds. The molecule has 4 aromatic rings. The Morgan fingerprint density at radius 3 is 2.02 bits per heavy atom. The SMILES string of the molecule is Cc1ccc(S(=O)(=O)N(CC(=O)N(Cc2c(Cl)cccc2Cl)C(Cc2ccccc2)C(=O)NC(C)(C)C)c2cc(Cl)ccc2Cl)cc1. The summed E-state index contributed by atoms with van der Waals surface area (Å²) in [6.45, 7) is 6.43. The van der Waals surface area contributed by atoms with Crippen molar-refractivity contribution >= 4 is 73.9 Å². The molecule has 0 bridgehead atoms. The first-order valence-electron chi connectivity index (χ1n) is 14.7. The number of carbonyl (C=O) groups excluding carboxylic acids is 2. The Kier molecular flexibility index (Phi) is 11.9. The summed E-state index contributed by atoms with van der Waals surface area (Å²) in [7, 11) is -4.37. The van der Waals surface area contributed by atoms with Crippen LogP contribution < -0.4 is 9.62 Å². The minimum Gasteiger partial charge on any atom is -0.350 e. The Bertz CT molecular complexity index is 1830. The Morgan fingerprint density at radius 1 is 0.809 bits per heavy atom. The van der Waals surface area contributed by atoms with Crippen molar-refractivity contribution in [3.05, 3.63) is 128 Å². The van der Waals surface area contributed by atoms with Crippen LogP contribution in [0, 0.1) is 6.92 Å². The first-order chi connectivity index (χ1) is 22.1. The van der Waals surface area contributed by atoms with Crippen LogP contribution in [-0.2, 0) is 32.6 Å². The van der Waals surface area contributed by atoms with Gasteiger partial charge in [0.1, 0.15) is 12.6 Å². The molecule has 1 N–H and O–H groups in total. The number of hydrogen-bond donors (Lipinski definition) is 1. The van der Waals surface area contributed by atoms with Crippen LogP contribution >= 0.6 is 46.4 Å². The van der Waals surface area contributed by atoms with Crippen LogP contribution in [0.4, 0.5) is 5.69 Å². The van der Waals surface area contributed by atoms with Crippen molar-refractivity contribution in [2.45, 2.75) is 57.1 Å². The average Bonchev–Trinajstić information content (AvgIpc) is 3.00. The zero-order chi connectivity index (χ0) is 34.5. The van der Waals surface area contributed by atoms with E-state index in [2.05, 4.69) is 5.32 Å². The summed E-state index contributed by atoms with van der Waals surface area (Å²) < 4.78 is 29.4. The summed E-state index contributed by atoms with van der Waals surface area (Å²) in [6, 6.07) is 23.6. The molecule has 7 nitrogen and oxygen atoms in total. The smallest absolute Gasteiger partial charge is 0.264 e. The molecule has 0 saturated heterocycles. The van der Waals surface area contributed by atoms with Gasteiger partial charge in [0.15, 0.2) is 0 Å². The van der Waals surface area contributed by atoms with E-state index in [0.29, 0.717) is 5.56 Å². The molecule has 0 aliphatic heterocycles. The average molecular weight is 736 g/mol. The quantitative estimate of drug-likeness (QED) is 0.168. The molecule has 0 radical (unpaired) electrons. The summed E-state index contributed by atoms with van der Waals surface area (Å²) in [5.74, 6) is -1.13. The van der Waals surface area contributed by atoms with Crippen LogP contribution in [0.2, 0.25) is 20.1 Å². The molecule has 0 fully saturated rings. The molecule has 12 heteroatoms. The first kappa shape index (κ1) is 36.6. The summed E-state index contributed by atoms with van der Waals surface area (Å²) >= 11 is 26.0. The van der Waals surface area contributed by atoms with E-state index in [1.807, 2.05) is 58.0 Å². The molecule has 248 valence electrons. The maximum absolute atomic E-state index is 14.7. The fourth-order valence-electron chi connectivity index (χ4n) is 4.89. The van der Waals surface area contributed by atoms with Crippen molar-refractivity contribution in [1.29, 1.82) is 0 Å². The van der Waals surface area contributed by atoms with Gasteiger partial charge >= 0.3 is 0 Å². The van der Waals surface area contributed by atoms with Crippen molar-refractivity contribution in [3.63, 3.8) is 0 Å². The van der Waals surface area contributed by atoms with E-state index in [1.165, 1.54) is 35.2 Å². The highest BCUT2D eigenvalue weighted by Gasteiger charge is 2.36. The largest absolute Gasteiger partial charge is 0.350 e. The van der Waals surface area contributed by atoms with E-state index in [1.54, 1.807) is 30.3 Å². The molecule has 1 unspecified atom stereocenters. The zero-order valence-corrected chi connectivity index (χ0v) is 30.1. The number of sulfonamides is 1. The van der Waals surface area contributed by atoms with E-state index in [0.717, 1.165) is 15.4 Å². The maximum Gasteiger partial charge on any atom is 0.264 e. The first-order valence-corrected chi connectivity index (χ1v) is 17.6. The lowest BCUT2D eigenvalue weighted by atomic mass is 10.0. The molecule has 4 aromatic carbocycles. The number of aryl methyl sites for hydroxylation is 1. The molecular weight excluding hydrogens is 700 g/mol. The Balaban J connectivity index is 1.88. The normalized spacial score (nSPS) is 12.3. The van der Waals surface area contributed by atoms with Crippen molar-refractivity contribution < 1.29 is 18.0 Å². The summed E-state index contributed by atoms with van der Waals surface area (Å²) in [6.07, 6.45) is 0.124. The van der Waals surface area contributed by atoms with Crippen LogP contribution in [0.1, 0.15) is 37.5 Å². The molecular formula is C35H35Cl4N3O4S. The third kappa shape index (κ3) is 9.42. The molecule has 0 spiro atoms. The number of nitrogens with one attached hydrogen (secondary N) is 1. The highest BCUT2D eigenvalue weighted by molar-refractivity contribution is 7.92. The van der Waals surface area contributed by atoms with Gasteiger partial charge in [0.05, 0.1) is 15.6 Å². The monoisotopic (exact) mass is 733 g/mol. The van der Waals surface area contributed by atoms with Crippen molar-refractivity contribution in [3.8, 4) is 0 Å². The molecule has 0 aromatic heterocycles. The highest BCUT2D eigenvalue weighted by Crippen LogP contribution is 2.34. The van der Waals surface area contributed by atoms with Gasteiger partial charge in [-0.2, -0.15) is 0 Å². The van der Waals surface area contributed by atoms with E-state index in [-0.39, 0.29) is 43.6 Å². The molecule has 0 saturated carbocycles. The fraction of sp³-hybridized carbons (Fsp3) is 0.257. The van der Waals surface area contributed by atoms with Gasteiger partial charge in [-0.1, -0.05) is 100 Å². The van der Waals surface area contributed by atoms with Gasteiger partial charge in [-0.15, -0.1) is 0 Å². The van der Waals surface area contributed by atoms with Crippen molar-refractivity contribution in [2.24, 2.45) is 0 Å². The van der Waals surface area contributed by atoms with Crippen LogP contribution in [0.25, 0.3) is 0 Å². The standard InChI is InChI=1S/C35H35Cl4N3O4S/c1-23-13-16-26(17-14-23)47(45,46)42(31-20-25(36)15-18-30(31)39)22-33(43)41(21-27-28(37)11-8-12-29(27)38)32(34(44)40-35(2,3)4)19-24-9-6-5-7-10-24/h5-18,20,32H,19,21-22H2,1-4H3,(H,40,44). The number of nitrogens with zero attached hydrogens (tertiary/aromatic N) is 2. The van der Waals surface area contributed by atoms with Crippen molar-refractivity contribution in [2.75, 3.05) is 10.8 Å². The molecule has 47 heavy (non-hydrogen) atoms. The fourth-order valence-corrected chi connectivity index (χ4v) is 7.27. The van der Waals surface area contributed by atoms with Gasteiger partial charge in [-0.25, -0.2) is 8.42 Å². The Hall–Kier alpha value is -3.27. The lowest BCUT2D eigenvalue weighted by molar-refractivity contribution is -0.140. The van der Waals surface area contributed by atoms with Gasteiger partial charge in [-0.3, -0.25) is 13.9 Å². The number of anilines is 1. The summed E-state index contributed by atoms with van der Waals surface area (Å²) in [4.78, 5) is 30.0. The van der Waals surface area contributed by atoms with Gasteiger partial charge < -0.3 is 10.2 Å². The molecule has 1 atom stereocenters. The Labute approximate surface area is 296 Å². The minimum atomic E-state index is -4.37. The number of amides is 2. The highest BCUT2D eigenvalue weighted by atomic mass is 35.5. The summed E-state index contributed by atoms with van der Waals surface area (Å²) in [5.41, 5.74) is 1.40. The molecule has 0 heterocycles. The Morgan fingerprint density at radius 2 is 1.43 bits per heavy atom. The third-order valence-corrected chi connectivity index (χ3v) is 10.3. The van der Waals surface area contributed by atoms with E-state index >= 15 is 0 Å². The van der Waals surface area contributed by atoms with Gasteiger partial charge in [0.2, 0.25) is 11.8 Å². The third-order valence-electron chi connectivity index (χ3n) is 7.22. The lowest BCUT2D eigenvalue weighted by Gasteiger charge is -2.35. The number of benzene rings is 4. The van der Waals surface area contributed by atoms with Gasteiger partial charge in [0, 0.05) is 39.1 Å². The molecule has 0 aliphatic rings. The topological polar surface area (TPSA) is 86.8 Å². The second-order valence-corrected chi connectivity index (χ2v) is 15.6. The van der Waals surface area contributed by atoms with Gasteiger partial charge in [-0.05, 0) is 75.7 Å². The summed E-state index contributed by atoms with van der Waals surface area (Å²) in [5, 5.41) is 3.83. The second kappa shape index (κ2) is 15.3. The lowest BCUT2D eigenvalue weighted by Crippen LogP contribution is -2.56. The van der Waals surface area contributed by atoms with Crippen LogP contribution in [0.5, 0.6) is 0 Å². The van der Waals surface area contributed by atoms with Crippen LogP contribution in [-0.4, -0.2) is 43.3 Å². The van der Waals surface area contributed by atoms with E-state index in [4.69, 9.17) is 46.4 Å². The predicted molar refractivity (Wildman–Crippen MR) is 191 cm³/mol. The van der Waals surface area contributed by atoms with Crippen LogP contribution in [0.3, 0.4) is 0 Å². The number of rotatable bonds is 11. The minimum absolute atomic E-state index is 0.00238. The number of halogens is 4. The molecule has 0 aliphatic carbocycles. The molecule has 4 rings (SSSR count). The van der Waals surface area contributed by atoms with Crippen molar-refractivity contribution in [1.82, 2.24) is 10.2 Å². The van der Waals surface area contributed by atoms with Crippen LogP contribution in [0.15, 0.2) is 95.9 Å². The number of hydrogen-bond acceptors (Lipinski definition) is 4. The van der Waals surface area contributed by atoms with E-state index in [9.17, 15) is 18.0 Å². The second-order valence-electron chi connectivity index (χ2n) is 12.1. The zero-order valence-electron chi connectivity index (χ0n) is 26.3. The number of carbonyl (C=O) groups is 2. The predicted octanol–water partition coefficient (Wildman–Crippen LogP) is 8.36. The van der Waals surface area contributed by atoms with E-state index < -0.39 is 40.0 Å².